The van der Waals surface area contributed by atoms with E-state index >= 15 is 0 Å². The first kappa shape index (κ1) is 14.8. The van der Waals surface area contributed by atoms with Crippen LogP contribution in [0, 0.1) is 0 Å². The second-order valence-electron chi connectivity index (χ2n) is 3.86. The number of thiol groups is 1. The normalized spacial score (nSPS) is 11.4. The summed E-state index contributed by atoms with van der Waals surface area (Å²) >= 11 is 3.57. The third-order valence-corrected chi connectivity index (χ3v) is 3.71. The van der Waals surface area contributed by atoms with Crippen LogP contribution in [-0.2, 0) is 6.18 Å². The van der Waals surface area contributed by atoms with E-state index in [0.717, 1.165) is 6.07 Å². The van der Waals surface area contributed by atoms with Gasteiger partial charge in [0.25, 0.3) is 0 Å². The van der Waals surface area contributed by atoms with Crippen molar-refractivity contribution in [3.8, 4) is 11.1 Å². The molecule has 1 heterocycles. The molecular weight excluding hydrogens is 309 g/mol. The van der Waals surface area contributed by atoms with Crippen LogP contribution in [0.5, 0.6) is 0 Å². The Balaban J connectivity index is 2.79. The van der Waals surface area contributed by atoms with Gasteiger partial charge in [-0.2, -0.15) is 13.2 Å². The summed E-state index contributed by atoms with van der Waals surface area (Å²) in [7, 11) is 0. The minimum atomic E-state index is -4.63. The molecule has 104 valence electrons. The fourth-order valence-corrected chi connectivity index (χ4v) is 2.78. The second kappa shape index (κ2) is 5.41. The standard InChI is InChI=1S/C13H7F3O2S2/c14-13(15,16)9-6-8(7-4-2-1-3-5-7)10(11(17)19)12(18)20-9/h1-6H,(H,17,19). The molecule has 0 spiro atoms. The maximum absolute atomic E-state index is 12.8. The lowest BCUT2D eigenvalue weighted by molar-refractivity contribution is -0.134. The van der Waals surface area contributed by atoms with Crippen molar-refractivity contribution >= 4 is 29.1 Å². The predicted molar refractivity (Wildman–Crippen MR) is 74.3 cm³/mol. The van der Waals surface area contributed by atoms with Crippen molar-refractivity contribution in [1.82, 2.24) is 0 Å². The average molecular weight is 316 g/mol. The maximum Gasteiger partial charge on any atom is 0.425 e. The molecule has 0 bridgehead atoms. The zero-order valence-electron chi connectivity index (χ0n) is 9.77. The monoisotopic (exact) mass is 316 g/mol. The first-order valence-corrected chi connectivity index (χ1v) is 6.61. The number of alkyl halides is 3. The number of hydrogen-bond acceptors (Lipinski definition) is 3. The van der Waals surface area contributed by atoms with E-state index in [2.05, 4.69) is 12.6 Å². The van der Waals surface area contributed by atoms with Crippen LogP contribution in [0.1, 0.15) is 15.2 Å². The smallest absolute Gasteiger partial charge is 0.282 e. The first-order chi connectivity index (χ1) is 9.30. The number of rotatable bonds is 2. The van der Waals surface area contributed by atoms with Crippen LogP contribution in [0.15, 0.2) is 41.2 Å². The SMILES string of the molecule is O=C(S)c1c(-c2ccccc2)cc(C(F)(F)F)sc1=O. The summed E-state index contributed by atoms with van der Waals surface area (Å²) in [6.07, 6.45) is -4.63. The van der Waals surface area contributed by atoms with Crippen molar-refractivity contribution < 1.29 is 18.0 Å². The molecule has 0 N–H and O–H groups in total. The summed E-state index contributed by atoms with van der Waals surface area (Å²) in [5.41, 5.74) is -0.0282. The Morgan fingerprint density at radius 1 is 1.15 bits per heavy atom. The molecule has 2 rings (SSSR count). The van der Waals surface area contributed by atoms with E-state index in [0.29, 0.717) is 5.56 Å². The van der Waals surface area contributed by atoms with E-state index in [1.165, 1.54) is 12.1 Å². The van der Waals surface area contributed by atoms with Gasteiger partial charge in [0, 0.05) is 0 Å². The number of carbonyl (C=O) groups is 1. The van der Waals surface area contributed by atoms with Gasteiger partial charge in [-0.25, -0.2) is 0 Å². The Morgan fingerprint density at radius 3 is 2.25 bits per heavy atom. The lowest BCUT2D eigenvalue weighted by atomic mass is 10.0. The zero-order chi connectivity index (χ0) is 14.9. The number of carbonyl (C=O) groups excluding carboxylic acids is 1. The van der Waals surface area contributed by atoms with Crippen molar-refractivity contribution in [1.29, 1.82) is 0 Å². The van der Waals surface area contributed by atoms with E-state index in [9.17, 15) is 22.8 Å². The quantitative estimate of drug-likeness (QED) is 0.854. The lowest BCUT2D eigenvalue weighted by Crippen LogP contribution is -2.14. The molecule has 20 heavy (non-hydrogen) atoms. The fraction of sp³-hybridized carbons (Fsp3) is 0.0769. The first-order valence-electron chi connectivity index (χ1n) is 5.35. The number of hydrogen-bond donors (Lipinski definition) is 1. The van der Waals surface area contributed by atoms with Gasteiger partial charge in [-0.3, -0.25) is 9.59 Å². The molecule has 0 saturated heterocycles. The molecule has 2 nitrogen and oxygen atoms in total. The molecule has 0 unspecified atom stereocenters. The van der Waals surface area contributed by atoms with Crippen LogP contribution in [0.3, 0.4) is 0 Å². The lowest BCUT2D eigenvalue weighted by Gasteiger charge is -2.10. The largest absolute Gasteiger partial charge is 0.425 e. The van der Waals surface area contributed by atoms with E-state index in [4.69, 9.17) is 0 Å². The summed E-state index contributed by atoms with van der Waals surface area (Å²) < 4.78 is 37.3. The van der Waals surface area contributed by atoms with Crippen molar-refractivity contribution in [3.05, 3.63) is 56.4 Å². The molecule has 0 atom stereocenters. The van der Waals surface area contributed by atoms with Crippen molar-refractivity contribution in [2.45, 2.75) is 6.18 Å². The fourth-order valence-electron chi connectivity index (χ4n) is 1.68. The highest BCUT2D eigenvalue weighted by atomic mass is 32.1. The number of halogens is 3. The van der Waals surface area contributed by atoms with E-state index < -0.39 is 20.9 Å². The second-order valence-corrected chi connectivity index (χ2v) is 5.28. The molecule has 2 aromatic rings. The molecule has 0 saturated carbocycles. The van der Waals surface area contributed by atoms with Gasteiger partial charge in [-0.15, -0.1) is 12.6 Å². The Kier molecular flexibility index (Phi) is 4.01. The minimum Gasteiger partial charge on any atom is -0.282 e. The van der Waals surface area contributed by atoms with Crippen molar-refractivity contribution in [2.75, 3.05) is 0 Å². The van der Waals surface area contributed by atoms with E-state index in [-0.39, 0.29) is 22.5 Å². The zero-order valence-corrected chi connectivity index (χ0v) is 11.5. The number of benzene rings is 1. The van der Waals surface area contributed by atoms with E-state index in [1.54, 1.807) is 18.2 Å². The molecule has 0 fully saturated rings. The molecule has 0 aliphatic rings. The predicted octanol–water partition coefficient (Wildman–Crippen LogP) is 3.86. The van der Waals surface area contributed by atoms with E-state index in [1.807, 2.05) is 0 Å². The van der Waals surface area contributed by atoms with Gasteiger partial charge in [0.15, 0.2) is 0 Å². The maximum atomic E-state index is 12.8. The molecule has 0 aliphatic carbocycles. The van der Waals surface area contributed by atoms with Crippen LogP contribution >= 0.6 is 24.0 Å². The minimum absolute atomic E-state index is 0.00223. The Morgan fingerprint density at radius 2 is 1.75 bits per heavy atom. The third kappa shape index (κ3) is 2.94. The molecule has 7 heteroatoms. The van der Waals surface area contributed by atoms with Gasteiger partial charge < -0.3 is 0 Å². The van der Waals surface area contributed by atoms with Crippen LogP contribution in [0.25, 0.3) is 11.1 Å². The van der Waals surface area contributed by atoms with Gasteiger partial charge in [-0.1, -0.05) is 41.7 Å². The van der Waals surface area contributed by atoms with Crippen molar-refractivity contribution in [2.24, 2.45) is 0 Å². The highest BCUT2D eigenvalue weighted by Gasteiger charge is 2.34. The Bertz CT molecular complexity index is 706. The summed E-state index contributed by atoms with van der Waals surface area (Å²) in [4.78, 5) is 22.1. The molecular formula is C13H7F3O2S2. The van der Waals surface area contributed by atoms with Gasteiger partial charge in [0.05, 0.1) is 5.56 Å². The summed E-state index contributed by atoms with van der Waals surface area (Å²) in [5.74, 6) is 0. The van der Waals surface area contributed by atoms with Gasteiger partial charge in [-0.05, 0) is 17.2 Å². The van der Waals surface area contributed by atoms with Gasteiger partial charge in [0.2, 0.25) is 9.86 Å². The Hall–Kier alpha value is -1.60. The average Bonchev–Trinajstić information content (AvgIpc) is 2.37. The molecule has 1 aromatic carbocycles. The highest BCUT2D eigenvalue weighted by molar-refractivity contribution is 7.97. The Labute approximate surface area is 121 Å². The highest BCUT2D eigenvalue weighted by Crippen LogP contribution is 2.35. The summed E-state index contributed by atoms with van der Waals surface area (Å²) in [5, 5.41) is -0.848. The molecule has 0 amide bonds. The molecule has 0 radical (unpaired) electrons. The van der Waals surface area contributed by atoms with Crippen molar-refractivity contribution in [3.63, 3.8) is 0 Å². The van der Waals surface area contributed by atoms with Crippen LogP contribution < -0.4 is 4.74 Å². The molecule has 1 aromatic heterocycles. The van der Waals surface area contributed by atoms with Crippen LogP contribution in [-0.4, -0.2) is 5.12 Å². The third-order valence-electron chi connectivity index (χ3n) is 2.53. The molecule has 0 aliphatic heterocycles. The van der Waals surface area contributed by atoms with Gasteiger partial charge in [0.1, 0.15) is 4.88 Å². The topological polar surface area (TPSA) is 34.1 Å². The summed E-state index contributed by atoms with van der Waals surface area (Å²) in [6.45, 7) is 0. The summed E-state index contributed by atoms with van der Waals surface area (Å²) in [6, 6.07) is 8.76. The van der Waals surface area contributed by atoms with Gasteiger partial charge >= 0.3 is 6.18 Å². The van der Waals surface area contributed by atoms with Crippen LogP contribution in [0.2, 0.25) is 0 Å². The van der Waals surface area contributed by atoms with Crippen LogP contribution in [0.4, 0.5) is 13.2 Å².